The Balaban J connectivity index is 0.00000312. The number of halogens is 2. The number of guanidine groups is 1. The molecule has 0 aliphatic carbocycles. The van der Waals surface area contributed by atoms with Crippen LogP contribution in [0.2, 0.25) is 0 Å². The first kappa shape index (κ1) is 24.5. The Bertz CT molecular complexity index is 759. The van der Waals surface area contributed by atoms with Gasteiger partial charge >= 0.3 is 0 Å². The van der Waals surface area contributed by atoms with Gasteiger partial charge in [0.1, 0.15) is 0 Å². The summed E-state index contributed by atoms with van der Waals surface area (Å²) in [4.78, 5) is 17.5. The highest BCUT2D eigenvalue weighted by Gasteiger charge is 2.24. The molecule has 5 N–H and O–H groups in total. The van der Waals surface area contributed by atoms with Gasteiger partial charge in [-0.3, -0.25) is 4.79 Å². The number of carbonyl (C=O) groups excluding carboxylic acids is 1. The Morgan fingerprint density at radius 1 is 1.23 bits per heavy atom. The average molecular weight is 426 g/mol. The van der Waals surface area contributed by atoms with Crippen molar-refractivity contribution in [1.29, 1.82) is 0 Å². The Morgan fingerprint density at radius 3 is 2.27 bits per heavy atom. The summed E-state index contributed by atoms with van der Waals surface area (Å²) in [5.41, 5.74) is 11.1. The third-order valence-electron chi connectivity index (χ3n) is 4.08. The third kappa shape index (κ3) is 6.01. The van der Waals surface area contributed by atoms with E-state index < -0.39 is 15.7 Å². The molecule has 1 heterocycles. The summed E-state index contributed by atoms with van der Waals surface area (Å²) in [5.74, 6) is -1.03. The fraction of sp³-hybridized carbons (Fsp3) is 0.467. The van der Waals surface area contributed by atoms with Gasteiger partial charge in [0.15, 0.2) is 15.8 Å². The molecule has 0 saturated carbocycles. The summed E-state index contributed by atoms with van der Waals surface area (Å²) in [7, 11) is -1.58. The first-order valence-corrected chi connectivity index (χ1v) is 9.52. The van der Waals surface area contributed by atoms with Crippen LogP contribution in [0.5, 0.6) is 0 Å². The minimum atomic E-state index is -3.51. The van der Waals surface area contributed by atoms with Crippen LogP contribution in [0.3, 0.4) is 0 Å². The van der Waals surface area contributed by atoms with Crippen molar-refractivity contribution in [2.75, 3.05) is 31.3 Å². The molecule has 0 unspecified atom stereocenters. The van der Waals surface area contributed by atoms with E-state index >= 15 is 0 Å². The van der Waals surface area contributed by atoms with E-state index in [4.69, 9.17) is 11.5 Å². The number of hydrogen-bond acceptors (Lipinski definition) is 5. The quantitative estimate of drug-likeness (QED) is 0.473. The van der Waals surface area contributed by atoms with Gasteiger partial charge < -0.3 is 21.7 Å². The average Bonchev–Trinajstić information content (AvgIpc) is 2.53. The van der Waals surface area contributed by atoms with Gasteiger partial charge in [-0.2, -0.15) is 4.99 Å². The summed E-state index contributed by atoms with van der Waals surface area (Å²) in [6.45, 7) is 1.49. The highest BCUT2D eigenvalue weighted by atomic mass is 35.5. The lowest BCUT2D eigenvalue weighted by Gasteiger charge is -2.34. The molecule has 1 aliphatic heterocycles. The van der Waals surface area contributed by atoms with Gasteiger partial charge in [-0.15, -0.1) is 24.8 Å². The highest BCUT2D eigenvalue weighted by Crippen LogP contribution is 2.29. The molecule has 2 rings (SSSR count). The predicted molar refractivity (Wildman–Crippen MR) is 108 cm³/mol. The van der Waals surface area contributed by atoms with Gasteiger partial charge in [-0.1, -0.05) is 0 Å². The second-order valence-corrected chi connectivity index (χ2v) is 7.83. The SMILES string of the molecule is CNC1CCN(c2ccc(C(=O)N=C(N)N)cc2S(C)(=O)=O)CC1.Cl.Cl. The molecule has 148 valence electrons. The predicted octanol–water partition coefficient (Wildman–Crippen LogP) is 0.535. The van der Waals surface area contributed by atoms with Crippen LogP contribution in [-0.4, -0.2) is 52.7 Å². The van der Waals surface area contributed by atoms with Crippen molar-refractivity contribution in [2.24, 2.45) is 16.5 Å². The molecule has 1 aliphatic rings. The Hall–Kier alpha value is -1.55. The monoisotopic (exact) mass is 425 g/mol. The smallest absolute Gasteiger partial charge is 0.280 e. The van der Waals surface area contributed by atoms with E-state index in [1.165, 1.54) is 6.07 Å². The van der Waals surface area contributed by atoms with Crippen molar-refractivity contribution in [3.8, 4) is 0 Å². The zero-order valence-corrected chi connectivity index (χ0v) is 17.1. The number of aliphatic imine (C=N–C) groups is 1. The fourth-order valence-corrected chi connectivity index (χ4v) is 3.71. The van der Waals surface area contributed by atoms with Crippen LogP contribution in [-0.2, 0) is 9.84 Å². The normalized spacial score (nSPS) is 14.8. The molecule has 1 amide bonds. The molecule has 1 aromatic carbocycles. The summed E-state index contributed by atoms with van der Waals surface area (Å²) >= 11 is 0. The number of hydrogen-bond donors (Lipinski definition) is 3. The van der Waals surface area contributed by atoms with E-state index in [-0.39, 0.29) is 41.2 Å². The number of anilines is 1. The summed E-state index contributed by atoms with van der Waals surface area (Å²) in [5, 5.41) is 3.24. The zero-order chi connectivity index (χ0) is 17.9. The number of rotatable bonds is 4. The lowest BCUT2D eigenvalue weighted by molar-refractivity contribution is 0.100. The van der Waals surface area contributed by atoms with Gasteiger partial charge in [0.05, 0.1) is 10.6 Å². The van der Waals surface area contributed by atoms with Crippen molar-refractivity contribution < 1.29 is 13.2 Å². The van der Waals surface area contributed by atoms with Crippen LogP contribution in [0.25, 0.3) is 0 Å². The van der Waals surface area contributed by atoms with Crippen molar-refractivity contribution in [1.82, 2.24) is 5.32 Å². The second kappa shape index (κ2) is 9.96. The van der Waals surface area contributed by atoms with E-state index in [0.29, 0.717) is 11.7 Å². The molecule has 26 heavy (non-hydrogen) atoms. The Morgan fingerprint density at radius 2 is 1.81 bits per heavy atom. The number of piperidine rings is 1. The summed E-state index contributed by atoms with van der Waals surface area (Å²) in [6, 6.07) is 4.96. The van der Waals surface area contributed by atoms with Crippen LogP contribution >= 0.6 is 24.8 Å². The Kier molecular flexibility index (Phi) is 9.36. The van der Waals surface area contributed by atoms with E-state index in [1.807, 2.05) is 11.9 Å². The molecule has 8 nitrogen and oxygen atoms in total. The maximum atomic E-state index is 12.2. The van der Waals surface area contributed by atoms with Crippen LogP contribution in [0.4, 0.5) is 5.69 Å². The van der Waals surface area contributed by atoms with Crippen molar-refractivity contribution >= 4 is 52.2 Å². The zero-order valence-electron chi connectivity index (χ0n) is 14.6. The standard InChI is InChI=1S/C15H23N5O3S.2ClH/c1-18-11-5-7-20(8-6-11)12-4-3-10(14(21)19-15(16)17)9-13(12)24(2,22)23;;/h3-4,9,11,18H,5-8H2,1-2H3,(H4,16,17,19,21);2*1H. The molecular weight excluding hydrogens is 401 g/mol. The molecule has 11 heteroatoms. The number of nitrogens with one attached hydrogen (secondary N) is 1. The largest absolute Gasteiger partial charge is 0.370 e. The van der Waals surface area contributed by atoms with Crippen molar-refractivity contribution in [2.45, 2.75) is 23.8 Å². The third-order valence-corrected chi connectivity index (χ3v) is 5.21. The van der Waals surface area contributed by atoms with Gasteiger partial charge in [-0.25, -0.2) is 8.42 Å². The molecular formula is C15H25Cl2N5O3S. The number of carbonyl (C=O) groups is 1. The number of sulfone groups is 1. The van der Waals surface area contributed by atoms with Gasteiger partial charge in [0.2, 0.25) is 0 Å². The van der Waals surface area contributed by atoms with E-state index in [0.717, 1.165) is 32.2 Å². The van der Waals surface area contributed by atoms with Crippen LogP contribution in [0.1, 0.15) is 23.2 Å². The first-order chi connectivity index (χ1) is 11.2. The van der Waals surface area contributed by atoms with E-state index in [1.54, 1.807) is 12.1 Å². The highest BCUT2D eigenvalue weighted by molar-refractivity contribution is 7.90. The molecule has 0 atom stereocenters. The molecule has 1 aromatic rings. The van der Waals surface area contributed by atoms with Crippen molar-refractivity contribution in [3.05, 3.63) is 23.8 Å². The lowest BCUT2D eigenvalue weighted by Crippen LogP contribution is -2.41. The maximum absolute atomic E-state index is 12.2. The Labute approximate surface area is 166 Å². The molecule has 1 fully saturated rings. The maximum Gasteiger partial charge on any atom is 0.280 e. The summed E-state index contributed by atoms with van der Waals surface area (Å²) in [6.07, 6.45) is 2.98. The number of nitrogens with zero attached hydrogens (tertiary/aromatic N) is 2. The number of nitrogens with two attached hydrogens (primary N) is 2. The topological polar surface area (TPSA) is 131 Å². The van der Waals surface area contributed by atoms with Crippen LogP contribution in [0, 0.1) is 0 Å². The van der Waals surface area contributed by atoms with Crippen LogP contribution < -0.4 is 21.7 Å². The first-order valence-electron chi connectivity index (χ1n) is 7.62. The number of amides is 1. The lowest BCUT2D eigenvalue weighted by atomic mass is 10.0. The van der Waals surface area contributed by atoms with E-state index in [2.05, 4.69) is 10.3 Å². The molecule has 0 radical (unpaired) electrons. The van der Waals surface area contributed by atoms with Gasteiger partial charge in [0.25, 0.3) is 5.91 Å². The van der Waals surface area contributed by atoms with Gasteiger partial charge in [-0.05, 0) is 38.1 Å². The van der Waals surface area contributed by atoms with Gasteiger partial charge in [0, 0.05) is 31.0 Å². The molecule has 0 spiro atoms. The van der Waals surface area contributed by atoms with E-state index in [9.17, 15) is 13.2 Å². The molecule has 0 bridgehead atoms. The van der Waals surface area contributed by atoms with Crippen molar-refractivity contribution in [3.63, 3.8) is 0 Å². The molecule has 1 saturated heterocycles. The minimum absolute atomic E-state index is 0. The second-order valence-electron chi connectivity index (χ2n) is 5.85. The summed E-state index contributed by atoms with van der Waals surface area (Å²) < 4.78 is 24.4. The minimum Gasteiger partial charge on any atom is -0.370 e. The fourth-order valence-electron chi connectivity index (χ4n) is 2.80. The number of benzene rings is 1. The molecule has 0 aromatic heterocycles. The van der Waals surface area contributed by atoms with Crippen LogP contribution in [0.15, 0.2) is 28.1 Å².